The van der Waals surface area contributed by atoms with Crippen LogP contribution < -0.4 is 0 Å². The minimum absolute atomic E-state index is 0. The van der Waals surface area contributed by atoms with E-state index in [4.69, 9.17) is 17.0 Å². The van der Waals surface area contributed by atoms with Gasteiger partial charge >= 0.3 is 37.9 Å². The minimum atomic E-state index is -1.08. The fraction of sp³-hybridized carbons (Fsp3) is 0.913. The topological polar surface area (TPSA) is 0 Å². The van der Waals surface area contributed by atoms with E-state index < -0.39 is 36.0 Å². The summed E-state index contributed by atoms with van der Waals surface area (Å²) >= 11 is -0.826. The van der Waals surface area contributed by atoms with Crippen molar-refractivity contribution in [2.24, 2.45) is 23.7 Å². The van der Waals surface area contributed by atoms with Crippen molar-refractivity contribution in [3.05, 3.63) is 14.9 Å². The normalized spacial score (nSPS) is 34.9. The number of hydrogen-bond acceptors (Lipinski definition) is 0. The van der Waals surface area contributed by atoms with Crippen molar-refractivity contribution in [1.82, 2.24) is 0 Å². The Morgan fingerprint density at radius 1 is 0.643 bits per heavy atom. The zero-order valence-corrected chi connectivity index (χ0v) is 25.5. The Balaban J connectivity index is 0.000000739. The molecule has 5 unspecified atom stereocenters. The molecule has 5 heteroatoms. The van der Waals surface area contributed by atoms with E-state index in [1.165, 1.54) is 17.0 Å². The van der Waals surface area contributed by atoms with Crippen molar-refractivity contribution < 1.29 is 20.8 Å². The second-order valence-electron chi connectivity index (χ2n) is 11.0. The molecule has 4 fully saturated rings. The van der Waals surface area contributed by atoms with Crippen LogP contribution in [-0.4, -0.2) is 15.2 Å². The van der Waals surface area contributed by atoms with E-state index in [1.54, 1.807) is 70.6 Å². The molecule has 0 radical (unpaired) electrons. The zero-order valence-electron chi connectivity index (χ0n) is 19.5. The zero-order chi connectivity index (χ0) is 18.9. The summed E-state index contributed by atoms with van der Waals surface area (Å²) in [6, 6.07) is 0. The van der Waals surface area contributed by atoms with Crippen LogP contribution in [0.25, 0.3) is 0 Å². The third-order valence-corrected chi connectivity index (χ3v) is 30.7. The summed E-state index contributed by atoms with van der Waals surface area (Å²) in [6.45, 7) is 11.4. The summed E-state index contributed by atoms with van der Waals surface area (Å²) < 4.78 is 0. The quantitative estimate of drug-likeness (QED) is 0.247. The van der Waals surface area contributed by atoms with Crippen molar-refractivity contribution >= 4 is 32.2 Å². The maximum absolute atomic E-state index is 4.93. The summed E-state index contributed by atoms with van der Waals surface area (Å²) in [5.74, 6) is 4.63. The van der Waals surface area contributed by atoms with Crippen LogP contribution in [0.4, 0.5) is 0 Å². The first-order valence-corrected chi connectivity index (χ1v) is 24.8. The number of halogens is 2. The van der Waals surface area contributed by atoms with E-state index in [0.29, 0.717) is 0 Å². The second-order valence-corrected chi connectivity index (χ2v) is 30.9. The van der Waals surface area contributed by atoms with Crippen LogP contribution in [0.1, 0.15) is 70.6 Å². The average molecular weight is 541 g/mol. The number of fused-ring (bicyclic) bond motifs is 2. The molecule has 0 aromatic carbocycles. The van der Waals surface area contributed by atoms with Gasteiger partial charge in [0.05, 0.1) is 0 Å². The molecule has 164 valence electrons. The summed E-state index contributed by atoms with van der Waals surface area (Å²) in [4.78, 5) is 0. The van der Waals surface area contributed by atoms with Crippen LogP contribution in [0.5, 0.6) is 0 Å². The third kappa shape index (κ3) is 5.44. The van der Waals surface area contributed by atoms with Gasteiger partial charge in [0.1, 0.15) is 0 Å². The van der Waals surface area contributed by atoms with Gasteiger partial charge in [-0.3, -0.25) is 0 Å². The molecule has 4 aliphatic carbocycles. The fourth-order valence-corrected chi connectivity index (χ4v) is 22.0. The third-order valence-electron chi connectivity index (χ3n) is 9.93. The molecule has 4 saturated carbocycles. The SMILES string of the molecule is C[Si](C)(C1CCCC1)[Si](C)(C)C1CCC2CC3CCCC3CC21.[CH3-].[CH3-].[Cl][Zr+2][Cl]. The van der Waals surface area contributed by atoms with Gasteiger partial charge in [0.2, 0.25) is 0 Å². The Hall–Kier alpha value is 1.90. The molecule has 4 aliphatic rings. The molecule has 0 aliphatic heterocycles. The van der Waals surface area contributed by atoms with Crippen molar-refractivity contribution in [1.29, 1.82) is 0 Å². The predicted octanol–water partition coefficient (Wildman–Crippen LogP) is 9.31. The van der Waals surface area contributed by atoms with E-state index in [9.17, 15) is 0 Å². The van der Waals surface area contributed by atoms with Gasteiger partial charge in [-0.15, -0.1) is 0 Å². The van der Waals surface area contributed by atoms with Gasteiger partial charge in [0, 0.05) is 15.2 Å². The van der Waals surface area contributed by atoms with Gasteiger partial charge in [0.15, 0.2) is 0 Å². The van der Waals surface area contributed by atoms with E-state index in [-0.39, 0.29) is 14.9 Å². The summed E-state index contributed by atoms with van der Waals surface area (Å²) in [6.07, 6.45) is 17.6. The molecule has 0 N–H and O–H groups in total. The molecule has 5 atom stereocenters. The van der Waals surface area contributed by atoms with Crippen LogP contribution in [0.15, 0.2) is 0 Å². The van der Waals surface area contributed by atoms with Gasteiger partial charge in [-0.25, -0.2) is 0 Å². The Kier molecular flexibility index (Phi) is 11.6. The molecular formula is C23H46Cl2Si2Zr. The van der Waals surface area contributed by atoms with E-state index >= 15 is 0 Å². The summed E-state index contributed by atoms with van der Waals surface area (Å²) in [5, 5.41) is 0. The van der Waals surface area contributed by atoms with Crippen LogP contribution in [0.2, 0.25) is 37.3 Å². The molecule has 0 amide bonds. The Labute approximate surface area is 198 Å². The first-order chi connectivity index (χ1) is 12.3. The Morgan fingerprint density at radius 3 is 1.75 bits per heavy atom. The van der Waals surface area contributed by atoms with Crippen LogP contribution in [-0.2, 0) is 20.8 Å². The maximum atomic E-state index is 4.93. The van der Waals surface area contributed by atoms with Crippen LogP contribution in [0, 0.1) is 38.5 Å². The molecule has 0 spiro atoms. The molecular weight excluding hydrogens is 495 g/mol. The van der Waals surface area contributed by atoms with Gasteiger partial charge in [-0.2, -0.15) is 0 Å². The average Bonchev–Trinajstić information content (AvgIpc) is 3.32. The predicted molar refractivity (Wildman–Crippen MR) is 132 cm³/mol. The Morgan fingerprint density at radius 2 is 1.18 bits per heavy atom. The van der Waals surface area contributed by atoms with E-state index in [0.717, 1.165) is 17.8 Å². The van der Waals surface area contributed by atoms with E-state index in [2.05, 4.69) is 26.2 Å². The van der Waals surface area contributed by atoms with Crippen molar-refractivity contribution in [3.63, 3.8) is 0 Å². The molecule has 0 aromatic rings. The molecule has 0 nitrogen and oxygen atoms in total. The van der Waals surface area contributed by atoms with Crippen molar-refractivity contribution in [3.8, 4) is 0 Å². The fourth-order valence-electron chi connectivity index (χ4n) is 7.82. The van der Waals surface area contributed by atoms with Gasteiger partial charge in [-0.1, -0.05) is 84.0 Å². The number of rotatable bonds is 3. The molecule has 0 heterocycles. The van der Waals surface area contributed by atoms with E-state index in [1.807, 2.05) is 0 Å². The molecule has 4 rings (SSSR count). The monoisotopic (exact) mass is 538 g/mol. The number of hydrogen-bond donors (Lipinski definition) is 0. The first-order valence-electron chi connectivity index (χ1n) is 11.3. The van der Waals surface area contributed by atoms with Gasteiger partial charge in [0.25, 0.3) is 0 Å². The van der Waals surface area contributed by atoms with Crippen molar-refractivity contribution in [2.75, 3.05) is 0 Å². The molecule has 0 bridgehead atoms. The Bertz CT molecular complexity index is 466. The molecule has 28 heavy (non-hydrogen) atoms. The summed E-state index contributed by atoms with van der Waals surface area (Å²) in [7, 11) is 7.76. The van der Waals surface area contributed by atoms with Gasteiger partial charge < -0.3 is 14.9 Å². The van der Waals surface area contributed by atoms with Gasteiger partial charge in [-0.05, 0) is 47.6 Å². The van der Waals surface area contributed by atoms with Crippen LogP contribution >= 0.6 is 17.0 Å². The molecule has 0 saturated heterocycles. The standard InChI is InChI=1S/C21H40Si2.2CH3.2ClH.Zr/c1-22(2,19-10-5-6-11-19)23(3,4)21-13-12-18-14-16-8-7-9-17(16)15-20(18)21;;;;;/h16-21H,5-15H2,1-4H3;2*1H3;2*1H;/q;2*-1;;;+4/p-2. The second kappa shape index (κ2) is 11.7. The van der Waals surface area contributed by atoms with Crippen molar-refractivity contribution in [2.45, 2.75) is 108 Å². The summed E-state index contributed by atoms with van der Waals surface area (Å²) in [5.41, 5.74) is 2.39. The molecule has 0 aromatic heterocycles. The van der Waals surface area contributed by atoms with Crippen LogP contribution in [0.3, 0.4) is 0 Å². The first kappa shape index (κ1) is 27.9.